The van der Waals surface area contributed by atoms with Crippen molar-refractivity contribution in [1.29, 1.82) is 0 Å². The van der Waals surface area contributed by atoms with Crippen molar-refractivity contribution in [3.05, 3.63) is 33.8 Å². The Labute approximate surface area is 124 Å². The third kappa shape index (κ3) is 4.37. The highest BCUT2D eigenvalue weighted by Crippen LogP contribution is 2.26. The number of carbonyl (C=O) groups excluding carboxylic acids is 1. The summed E-state index contributed by atoms with van der Waals surface area (Å²) < 4.78 is 0. The molecular weight excluding hydrogens is 283 g/mol. The molecule has 106 valence electrons. The van der Waals surface area contributed by atoms with Crippen molar-refractivity contribution in [1.82, 2.24) is 5.32 Å². The van der Waals surface area contributed by atoms with Gasteiger partial charge in [-0.05, 0) is 30.5 Å². The van der Waals surface area contributed by atoms with Gasteiger partial charge in [0.1, 0.15) is 0 Å². The summed E-state index contributed by atoms with van der Waals surface area (Å²) >= 11 is 12.0. The molecule has 0 aliphatic carbocycles. The SMILES string of the molecule is CC[C@H](C)[C@H](N)C(=O)NC(C)c1ccc(Cl)cc1Cl. The Kier molecular flexibility index (Phi) is 6.11. The lowest BCUT2D eigenvalue weighted by Crippen LogP contribution is -2.45. The third-order valence-electron chi connectivity index (χ3n) is 3.35. The van der Waals surface area contributed by atoms with E-state index in [1.54, 1.807) is 12.1 Å². The molecule has 0 aromatic heterocycles. The van der Waals surface area contributed by atoms with Gasteiger partial charge in [-0.3, -0.25) is 4.79 Å². The summed E-state index contributed by atoms with van der Waals surface area (Å²) in [7, 11) is 0. The van der Waals surface area contributed by atoms with Crippen LogP contribution in [0.25, 0.3) is 0 Å². The van der Waals surface area contributed by atoms with Gasteiger partial charge in [0.15, 0.2) is 0 Å². The molecule has 5 heteroatoms. The number of hydrogen-bond acceptors (Lipinski definition) is 2. The summed E-state index contributed by atoms with van der Waals surface area (Å²) in [5.74, 6) is -0.0132. The van der Waals surface area contributed by atoms with E-state index in [1.807, 2.05) is 26.8 Å². The van der Waals surface area contributed by atoms with Gasteiger partial charge in [0.2, 0.25) is 5.91 Å². The number of amides is 1. The van der Waals surface area contributed by atoms with Crippen LogP contribution in [0.3, 0.4) is 0 Å². The molecule has 0 radical (unpaired) electrons. The molecule has 0 saturated carbocycles. The first-order valence-corrected chi connectivity index (χ1v) is 7.13. The second-order valence-corrected chi connectivity index (χ2v) is 5.65. The van der Waals surface area contributed by atoms with Gasteiger partial charge in [-0.15, -0.1) is 0 Å². The van der Waals surface area contributed by atoms with Gasteiger partial charge < -0.3 is 11.1 Å². The van der Waals surface area contributed by atoms with Crippen LogP contribution in [0.5, 0.6) is 0 Å². The van der Waals surface area contributed by atoms with E-state index in [-0.39, 0.29) is 17.9 Å². The zero-order valence-electron chi connectivity index (χ0n) is 11.4. The lowest BCUT2D eigenvalue weighted by atomic mass is 9.98. The van der Waals surface area contributed by atoms with Crippen LogP contribution in [-0.2, 0) is 4.79 Å². The summed E-state index contributed by atoms with van der Waals surface area (Å²) in [5.41, 5.74) is 6.72. The molecule has 3 atom stereocenters. The van der Waals surface area contributed by atoms with E-state index in [0.717, 1.165) is 12.0 Å². The van der Waals surface area contributed by atoms with E-state index < -0.39 is 6.04 Å². The first-order chi connectivity index (χ1) is 8.86. The molecule has 3 N–H and O–H groups in total. The molecule has 1 rings (SSSR count). The van der Waals surface area contributed by atoms with E-state index in [1.165, 1.54) is 0 Å². The van der Waals surface area contributed by atoms with Crippen molar-refractivity contribution in [2.75, 3.05) is 0 Å². The number of benzene rings is 1. The van der Waals surface area contributed by atoms with Gasteiger partial charge >= 0.3 is 0 Å². The topological polar surface area (TPSA) is 55.1 Å². The fourth-order valence-electron chi connectivity index (χ4n) is 1.75. The van der Waals surface area contributed by atoms with E-state index in [4.69, 9.17) is 28.9 Å². The normalized spacial score (nSPS) is 15.7. The fraction of sp³-hybridized carbons (Fsp3) is 0.500. The van der Waals surface area contributed by atoms with Crippen molar-refractivity contribution >= 4 is 29.1 Å². The number of carbonyl (C=O) groups is 1. The van der Waals surface area contributed by atoms with Crippen LogP contribution in [-0.4, -0.2) is 11.9 Å². The highest BCUT2D eigenvalue weighted by Gasteiger charge is 2.21. The molecule has 1 aromatic rings. The van der Waals surface area contributed by atoms with Crippen LogP contribution in [0.4, 0.5) is 0 Å². The van der Waals surface area contributed by atoms with Gasteiger partial charge in [-0.25, -0.2) is 0 Å². The third-order valence-corrected chi connectivity index (χ3v) is 3.91. The molecule has 0 aliphatic heterocycles. The number of nitrogens with one attached hydrogen (secondary N) is 1. The Hall–Kier alpha value is -0.770. The first-order valence-electron chi connectivity index (χ1n) is 6.37. The summed E-state index contributed by atoms with van der Waals surface area (Å²) in [4.78, 5) is 12.0. The molecule has 1 amide bonds. The second-order valence-electron chi connectivity index (χ2n) is 4.81. The molecule has 0 saturated heterocycles. The zero-order chi connectivity index (χ0) is 14.6. The Balaban J connectivity index is 2.74. The predicted molar refractivity (Wildman–Crippen MR) is 80.5 cm³/mol. The maximum atomic E-state index is 12.0. The Morgan fingerprint density at radius 1 is 1.37 bits per heavy atom. The zero-order valence-corrected chi connectivity index (χ0v) is 12.9. The molecule has 0 spiro atoms. The maximum absolute atomic E-state index is 12.0. The lowest BCUT2D eigenvalue weighted by Gasteiger charge is -2.22. The number of rotatable bonds is 5. The van der Waals surface area contributed by atoms with E-state index in [9.17, 15) is 4.79 Å². The van der Waals surface area contributed by atoms with Gasteiger partial charge in [-0.2, -0.15) is 0 Å². The smallest absolute Gasteiger partial charge is 0.237 e. The van der Waals surface area contributed by atoms with Crippen LogP contribution in [0, 0.1) is 5.92 Å². The van der Waals surface area contributed by atoms with E-state index in [0.29, 0.717) is 10.0 Å². The van der Waals surface area contributed by atoms with Crippen molar-refractivity contribution in [3.8, 4) is 0 Å². The highest BCUT2D eigenvalue weighted by molar-refractivity contribution is 6.35. The average molecular weight is 303 g/mol. The molecule has 0 aliphatic rings. The van der Waals surface area contributed by atoms with E-state index in [2.05, 4.69) is 5.32 Å². The van der Waals surface area contributed by atoms with Gasteiger partial charge in [0.05, 0.1) is 12.1 Å². The number of nitrogens with two attached hydrogens (primary N) is 1. The maximum Gasteiger partial charge on any atom is 0.237 e. The Morgan fingerprint density at radius 3 is 2.53 bits per heavy atom. The first kappa shape index (κ1) is 16.3. The van der Waals surface area contributed by atoms with Gasteiger partial charge in [0, 0.05) is 10.0 Å². The minimum absolute atomic E-state index is 0.146. The average Bonchev–Trinajstić information content (AvgIpc) is 2.36. The largest absolute Gasteiger partial charge is 0.348 e. The quantitative estimate of drug-likeness (QED) is 0.874. The van der Waals surface area contributed by atoms with Crippen molar-refractivity contribution in [3.63, 3.8) is 0 Å². The number of halogens is 2. The monoisotopic (exact) mass is 302 g/mol. The van der Waals surface area contributed by atoms with Crippen LogP contribution in [0.15, 0.2) is 18.2 Å². The van der Waals surface area contributed by atoms with Crippen LogP contribution < -0.4 is 11.1 Å². The van der Waals surface area contributed by atoms with Gasteiger partial charge in [-0.1, -0.05) is 49.5 Å². The number of hydrogen-bond donors (Lipinski definition) is 2. The molecule has 3 nitrogen and oxygen atoms in total. The predicted octanol–water partition coefficient (Wildman–Crippen LogP) is 3.54. The summed E-state index contributed by atoms with van der Waals surface area (Å²) in [6.07, 6.45) is 0.866. The van der Waals surface area contributed by atoms with Crippen LogP contribution >= 0.6 is 23.2 Å². The van der Waals surface area contributed by atoms with Crippen LogP contribution in [0.1, 0.15) is 38.8 Å². The second kappa shape index (κ2) is 7.13. The molecule has 19 heavy (non-hydrogen) atoms. The van der Waals surface area contributed by atoms with Gasteiger partial charge in [0.25, 0.3) is 0 Å². The molecule has 0 bridgehead atoms. The molecule has 0 fully saturated rings. The molecule has 0 heterocycles. The molecular formula is C14H20Cl2N2O. The minimum atomic E-state index is -0.501. The Morgan fingerprint density at radius 2 is 2.00 bits per heavy atom. The molecule has 1 aromatic carbocycles. The summed E-state index contributed by atoms with van der Waals surface area (Å²) in [6, 6.07) is 4.52. The standard InChI is InChI=1S/C14H20Cl2N2O/c1-4-8(2)13(17)14(19)18-9(3)11-6-5-10(15)7-12(11)16/h5-9,13H,4,17H2,1-3H3,(H,18,19)/t8-,9?,13-/m0/s1. The molecule has 1 unspecified atom stereocenters. The summed E-state index contributed by atoms with van der Waals surface area (Å²) in [6.45, 7) is 5.85. The summed E-state index contributed by atoms with van der Waals surface area (Å²) in [5, 5.41) is 3.99. The fourth-order valence-corrected chi connectivity index (χ4v) is 2.32. The van der Waals surface area contributed by atoms with Crippen LogP contribution in [0.2, 0.25) is 10.0 Å². The Bertz CT molecular complexity index is 451. The lowest BCUT2D eigenvalue weighted by molar-refractivity contribution is -0.124. The van der Waals surface area contributed by atoms with E-state index >= 15 is 0 Å². The van der Waals surface area contributed by atoms with Crippen molar-refractivity contribution in [2.24, 2.45) is 11.7 Å². The highest BCUT2D eigenvalue weighted by atomic mass is 35.5. The minimum Gasteiger partial charge on any atom is -0.348 e. The van der Waals surface area contributed by atoms with Crippen molar-refractivity contribution < 1.29 is 4.79 Å². The van der Waals surface area contributed by atoms with Crippen molar-refractivity contribution in [2.45, 2.75) is 39.3 Å².